The minimum Gasteiger partial charge on any atom is -0.369 e. The van der Waals surface area contributed by atoms with Gasteiger partial charge in [-0.1, -0.05) is 0 Å². The van der Waals surface area contributed by atoms with Gasteiger partial charge in [-0.05, 0) is 85.4 Å². The predicted octanol–water partition coefficient (Wildman–Crippen LogP) is 3.26. The molecule has 14 heteroatoms. The van der Waals surface area contributed by atoms with Crippen molar-refractivity contribution in [1.82, 2.24) is 24.7 Å². The lowest BCUT2D eigenvalue weighted by Gasteiger charge is -2.48. The maximum absolute atomic E-state index is 13.4. The van der Waals surface area contributed by atoms with Gasteiger partial charge in [0.05, 0.1) is 23.0 Å². The van der Waals surface area contributed by atoms with Crippen molar-refractivity contribution >= 4 is 62.4 Å². The molecule has 256 valence electrons. The summed E-state index contributed by atoms with van der Waals surface area (Å²) in [4.78, 5) is 76.0. The number of fused-ring (bicyclic) bond motifs is 1. The molecule has 3 aromatic rings. The number of aryl methyl sites for hydroxylation is 1. The number of pyridine rings is 2. The summed E-state index contributed by atoms with van der Waals surface area (Å²) in [7, 11) is 1.71. The molecule has 4 amide bonds. The Morgan fingerprint density at radius 2 is 1.63 bits per heavy atom. The molecule has 7 rings (SSSR count). The number of aromatic nitrogens is 2. The fraction of sp³-hybridized carbons (Fsp3) is 0.429. The fourth-order valence-corrected chi connectivity index (χ4v) is 8.27. The summed E-state index contributed by atoms with van der Waals surface area (Å²) < 4.78 is 2.32. The molecule has 0 radical (unpaired) electrons. The normalized spacial score (nSPS) is 24.7. The van der Waals surface area contributed by atoms with E-state index in [9.17, 15) is 24.0 Å². The Labute approximate surface area is 292 Å². The quantitative estimate of drug-likeness (QED) is 0.364. The minimum atomic E-state index is -0.974. The second kappa shape index (κ2) is 13.0. The Hall–Kier alpha value is -4.56. The molecule has 1 aromatic carbocycles. The number of piperazine rings is 1. The molecule has 4 atom stereocenters. The Kier molecular flexibility index (Phi) is 8.78. The fourth-order valence-electron chi connectivity index (χ4n) is 7.73. The highest BCUT2D eigenvalue weighted by molar-refractivity contribution is 9.10. The van der Waals surface area contributed by atoms with Gasteiger partial charge in [0.25, 0.3) is 17.4 Å². The number of piperidine rings is 2. The van der Waals surface area contributed by atoms with Crippen molar-refractivity contribution in [3.8, 4) is 0 Å². The minimum absolute atomic E-state index is 0.0926. The molecule has 1 unspecified atom stereocenters. The van der Waals surface area contributed by atoms with Crippen LogP contribution in [0.25, 0.3) is 0 Å². The maximum atomic E-state index is 13.4. The zero-order valence-electron chi connectivity index (χ0n) is 27.7. The van der Waals surface area contributed by atoms with Crippen LogP contribution in [0.5, 0.6) is 0 Å². The largest absolute Gasteiger partial charge is 0.369 e. The smallest absolute Gasteiger partial charge is 0.274 e. The number of nitrogens with one attached hydrogen (secondary N) is 2. The number of hydrogen-bond donors (Lipinski definition) is 2. The third-order valence-corrected chi connectivity index (χ3v) is 10.7. The van der Waals surface area contributed by atoms with Crippen LogP contribution >= 0.6 is 15.9 Å². The number of amides is 4. The van der Waals surface area contributed by atoms with Gasteiger partial charge in [-0.2, -0.15) is 0 Å². The summed E-state index contributed by atoms with van der Waals surface area (Å²) in [5.74, 6) is -1.36. The van der Waals surface area contributed by atoms with E-state index in [1.165, 1.54) is 4.57 Å². The summed E-state index contributed by atoms with van der Waals surface area (Å²) in [6.07, 6.45) is 5.75. The van der Waals surface area contributed by atoms with E-state index in [0.29, 0.717) is 28.7 Å². The summed E-state index contributed by atoms with van der Waals surface area (Å²) in [5, 5.41) is 5.38. The molecule has 0 saturated carbocycles. The van der Waals surface area contributed by atoms with Crippen LogP contribution in [0.15, 0.2) is 58.1 Å². The monoisotopic (exact) mass is 730 g/mol. The summed E-state index contributed by atoms with van der Waals surface area (Å²) in [6, 6.07) is 11.0. The maximum Gasteiger partial charge on any atom is 0.274 e. The number of halogens is 1. The number of anilines is 4. The van der Waals surface area contributed by atoms with Gasteiger partial charge < -0.3 is 19.7 Å². The second-order valence-corrected chi connectivity index (χ2v) is 14.4. The van der Waals surface area contributed by atoms with Crippen LogP contribution in [0.2, 0.25) is 0 Å². The van der Waals surface area contributed by atoms with Gasteiger partial charge in [0.15, 0.2) is 0 Å². The first-order valence-electron chi connectivity index (χ1n) is 16.7. The topological polar surface area (TPSA) is 140 Å². The van der Waals surface area contributed by atoms with Crippen LogP contribution in [0.1, 0.15) is 60.2 Å². The average Bonchev–Trinajstić information content (AvgIpc) is 3.32. The molecule has 2 aromatic heterocycles. The van der Waals surface area contributed by atoms with Gasteiger partial charge in [0.2, 0.25) is 11.8 Å². The highest BCUT2D eigenvalue weighted by atomic mass is 79.9. The SMILES string of the molecule is C[C@@H]1C[C@@H](N2CCN(c3ccc(Nc4cc(Br)cn(C)c4=O)nc3)[C@@H](C)C2)CCN1c1ccc2c(c1)C(=O)N(C1CCC(=O)NC1=O)C2=O. The Bertz CT molecular complexity index is 1900. The first-order chi connectivity index (χ1) is 23.5. The molecule has 2 N–H and O–H groups in total. The summed E-state index contributed by atoms with van der Waals surface area (Å²) >= 11 is 3.44. The molecular weight excluding hydrogens is 692 g/mol. The van der Waals surface area contributed by atoms with Crippen molar-refractivity contribution in [3.63, 3.8) is 0 Å². The van der Waals surface area contributed by atoms with Crippen molar-refractivity contribution in [1.29, 1.82) is 0 Å². The van der Waals surface area contributed by atoms with Crippen molar-refractivity contribution in [2.45, 2.75) is 63.7 Å². The summed E-state index contributed by atoms with van der Waals surface area (Å²) in [5.41, 5.74) is 2.86. The Balaban J connectivity index is 0.959. The zero-order valence-corrected chi connectivity index (χ0v) is 29.3. The molecule has 4 aliphatic rings. The number of rotatable bonds is 6. The molecule has 4 aliphatic heterocycles. The van der Waals surface area contributed by atoms with Gasteiger partial charge >= 0.3 is 0 Å². The number of carbonyl (C=O) groups excluding carboxylic acids is 4. The Morgan fingerprint density at radius 1 is 0.878 bits per heavy atom. The van der Waals surface area contributed by atoms with Crippen LogP contribution in [0.3, 0.4) is 0 Å². The Morgan fingerprint density at radius 3 is 2.35 bits per heavy atom. The molecule has 0 spiro atoms. The summed E-state index contributed by atoms with van der Waals surface area (Å²) in [6.45, 7) is 7.99. The number of carbonyl (C=O) groups is 4. The lowest BCUT2D eigenvalue weighted by Crippen LogP contribution is -2.58. The highest BCUT2D eigenvalue weighted by Gasteiger charge is 2.45. The lowest BCUT2D eigenvalue weighted by molar-refractivity contribution is -0.136. The van der Waals surface area contributed by atoms with E-state index in [4.69, 9.17) is 0 Å². The van der Waals surface area contributed by atoms with E-state index in [0.717, 1.165) is 59.8 Å². The van der Waals surface area contributed by atoms with Crippen molar-refractivity contribution in [2.75, 3.05) is 41.3 Å². The third kappa shape index (κ3) is 6.23. The van der Waals surface area contributed by atoms with Gasteiger partial charge in [-0.15, -0.1) is 0 Å². The number of hydrogen-bond acceptors (Lipinski definition) is 10. The lowest BCUT2D eigenvalue weighted by atomic mass is 9.94. The average molecular weight is 732 g/mol. The number of benzene rings is 1. The third-order valence-electron chi connectivity index (χ3n) is 10.3. The molecule has 3 saturated heterocycles. The molecule has 13 nitrogen and oxygen atoms in total. The predicted molar refractivity (Wildman–Crippen MR) is 188 cm³/mol. The van der Waals surface area contributed by atoms with Crippen LogP contribution in [0, 0.1) is 0 Å². The van der Waals surface area contributed by atoms with Gasteiger partial charge in [0.1, 0.15) is 17.5 Å². The number of nitrogens with zero attached hydrogens (tertiary/aromatic N) is 6. The van der Waals surface area contributed by atoms with Crippen LogP contribution < -0.4 is 26.0 Å². The van der Waals surface area contributed by atoms with Crippen LogP contribution in [0.4, 0.5) is 22.9 Å². The highest BCUT2D eigenvalue weighted by Crippen LogP contribution is 2.34. The van der Waals surface area contributed by atoms with E-state index in [1.807, 2.05) is 24.4 Å². The first kappa shape index (κ1) is 33.0. The van der Waals surface area contributed by atoms with Crippen molar-refractivity contribution in [2.24, 2.45) is 7.05 Å². The molecule has 0 bridgehead atoms. The molecule has 3 fully saturated rings. The first-order valence-corrected chi connectivity index (χ1v) is 17.5. The van der Waals surface area contributed by atoms with Crippen molar-refractivity contribution < 1.29 is 19.2 Å². The van der Waals surface area contributed by atoms with Gasteiger partial charge in [-0.3, -0.25) is 39.1 Å². The standard InChI is InChI=1S/C35H39BrN8O5/c1-20-14-23(10-11-42(20)24-4-6-26-27(16-24)34(48)44(33(26)47)29-7-9-31(45)39-32(29)46)41-12-13-43(21(2)18-41)25-5-8-30(37-17-25)38-28-15-22(36)19-40(3)35(28)49/h4-6,8,15-17,19-21,23,29H,7,9-14,18H2,1-3H3,(H,37,38)(H,39,45,46)/t20-,21+,23+,29?/m1/s1. The van der Waals surface area contributed by atoms with Crippen molar-refractivity contribution in [3.05, 3.63) is 74.7 Å². The molecular formula is C35H39BrN8O5. The van der Waals surface area contributed by atoms with Gasteiger partial charge in [0, 0.05) is 74.1 Å². The van der Waals surface area contributed by atoms with Gasteiger partial charge in [-0.25, -0.2) is 4.98 Å². The molecule has 6 heterocycles. The van der Waals surface area contributed by atoms with E-state index in [1.54, 1.807) is 31.4 Å². The zero-order chi connectivity index (χ0) is 34.6. The molecule has 49 heavy (non-hydrogen) atoms. The van der Waals surface area contributed by atoms with E-state index in [-0.39, 0.29) is 30.5 Å². The second-order valence-electron chi connectivity index (χ2n) is 13.4. The van der Waals surface area contributed by atoms with Crippen LogP contribution in [-0.4, -0.2) is 93.3 Å². The van der Waals surface area contributed by atoms with E-state index in [2.05, 4.69) is 60.1 Å². The van der Waals surface area contributed by atoms with E-state index < -0.39 is 29.7 Å². The van der Waals surface area contributed by atoms with Crippen LogP contribution in [-0.2, 0) is 16.6 Å². The molecule has 0 aliphatic carbocycles. The number of imide groups is 2. The van der Waals surface area contributed by atoms with E-state index >= 15 is 0 Å².